The fraction of sp³-hybridized carbons (Fsp3) is 0.391. The number of nitrogens with zero attached hydrogens (tertiary/aromatic N) is 10. The Hall–Kier alpha value is -6.92. The Labute approximate surface area is 372 Å². The molecule has 0 spiro atoms. The highest BCUT2D eigenvalue weighted by Crippen LogP contribution is 2.35. The van der Waals surface area contributed by atoms with Crippen molar-refractivity contribution in [2.45, 2.75) is 73.0 Å². The van der Waals surface area contributed by atoms with Gasteiger partial charge in [0.25, 0.3) is 17.7 Å². The maximum Gasteiger partial charge on any atom is 0.376 e. The summed E-state index contributed by atoms with van der Waals surface area (Å²) < 4.78 is 32.3. The molecule has 4 aromatic heterocycles. The van der Waals surface area contributed by atoms with Crippen molar-refractivity contribution in [3.8, 4) is 23.3 Å². The third-order valence-electron chi connectivity index (χ3n) is 11.2. The van der Waals surface area contributed by atoms with Crippen LogP contribution in [0.4, 0.5) is 0 Å². The molecule has 0 saturated carbocycles. The zero-order chi connectivity index (χ0) is 42.4. The van der Waals surface area contributed by atoms with Gasteiger partial charge in [-0.25, -0.2) is 14.8 Å². The van der Waals surface area contributed by atoms with Gasteiger partial charge in [0.05, 0.1) is 6.61 Å². The Balaban J connectivity index is 0.000000186. The van der Waals surface area contributed by atoms with Crippen LogP contribution >= 0.6 is 0 Å². The summed E-state index contributed by atoms with van der Waals surface area (Å²) in [6.07, 6.45) is 4.53. The first-order chi connectivity index (χ1) is 30.4. The third kappa shape index (κ3) is 10.1. The van der Waals surface area contributed by atoms with Gasteiger partial charge in [-0.3, -0.25) is 14.6 Å². The van der Waals surface area contributed by atoms with E-state index in [0.717, 1.165) is 74.9 Å². The predicted octanol–water partition coefficient (Wildman–Crippen LogP) is 5.04. The van der Waals surface area contributed by atoms with Crippen LogP contribution in [0.1, 0.15) is 89.1 Å². The van der Waals surface area contributed by atoms with E-state index in [2.05, 4.69) is 88.7 Å². The summed E-state index contributed by atoms with van der Waals surface area (Å²) in [6.45, 7) is 9.29. The highest BCUT2D eigenvalue weighted by molar-refractivity contribution is 5.89. The van der Waals surface area contributed by atoms with E-state index in [0.29, 0.717) is 62.0 Å². The number of rotatable bonds is 9. The van der Waals surface area contributed by atoms with Gasteiger partial charge in [0.2, 0.25) is 11.6 Å². The molecule has 64 heavy (non-hydrogen) atoms. The Morgan fingerprint density at radius 3 is 1.58 bits per heavy atom. The second-order valence-electron chi connectivity index (χ2n) is 15.3. The molecule has 4 aliphatic heterocycles. The Morgan fingerprint density at radius 1 is 0.641 bits per heavy atom. The second-order valence-corrected chi connectivity index (χ2v) is 15.3. The molecular weight excluding hydrogens is 819 g/mol. The smallest absolute Gasteiger partial charge is 0.376 e. The molecule has 336 valence electrons. The lowest BCUT2D eigenvalue weighted by Gasteiger charge is -2.26. The summed E-state index contributed by atoms with van der Waals surface area (Å²) in [4.78, 5) is 36.8. The number of benzene rings is 2. The summed E-state index contributed by atoms with van der Waals surface area (Å²) in [6, 6.07) is 24.2. The molecule has 8 heterocycles. The fourth-order valence-corrected chi connectivity index (χ4v) is 7.92. The number of fused-ring (bicyclic) bond motifs is 4. The largest absolute Gasteiger partial charge is 0.484 e. The summed E-state index contributed by atoms with van der Waals surface area (Å²) in [5.41, 5.74) is 9.94. The van der Waals surface area contributed by atoms with E-state index in [9.17, 15) is 9.59 Å². The van der Waals surface area contributed by atoms with E-state index < -0.39 is 11.9 Å². The maximum absolute atomic E-state index is 12.1. The number of nitrogens with two attached hydrogens (primary N) is 1. The van der Waals surface area contributed by atoms with E-state index in [-0.39, 0.29) is 32.9 Å². The van der Waals surface area contributed by atoms with Crippen LogP contribution in [0.3, 0.4) is 0 Å². The molecule has 2 atom stereocenters. The number of ether oxygens (including phenoxy) is 5. The molecule has 1 amide bonds. The van der Waals surface area contributed by atoms with Crippen LogP contribution in [0.5, 0.6) is 23.3 Å². The normalized spacial score (nSPS) is 17.6. The van der Waals surface area contributed by atoms with Crippen LogP contribution in [-0.4, -0.2) is 107 Å². The molecule has 0 unspecified atom stereocenters. The second kappa shape index (κ2) is 20.5. The molecule has 6 aromatic rings. The Bertz CT molecular complexity index is 2510. The van der Waals surface area contributed by atoms with Crippen molar-refractivity contribution in [3.05, 3.63) is 131 Å². The van der Waals surface area contributed by atoms with Crippen molar-refractivity contribution in [2.75, 3.05) is 46.0 Å². The standard InChI is InChI=1S/C23H25N5O4.C21H22N6O3.2CH4/c1-2-30-23(29)21-26-25-20-9-11-27(12-13-28(20)21)14-16-5-7-17(8-6-16)19-15-31-18-4-3-10-24-22(18)32-19;22-19(28)20-25-24-18-7-9-26(10-11-27(18)20)12-14-3-5-15(6-4-14)17-13-29-16-2-1-8-23-21(16)30-17;;/h3-8,10,19H,2,9,11-15H2,1H3;1-6,8,17H,7,9-13H2,(H2,22,28);2*1H4/t19-;17-;;/m11../s1. The monoisotopic (exact) mass is 873 g/mol. The van der Waals surface area contributed by atoms with Crippen molar-refractivity contribution in [1.82, 2.24) is 49.3 Å². The van der Waals surface area contributed by atoms with Crippen molar-refractivity contribution >= 4 is 11.9 Å². The number of pyridine rings is 2. The third-order valence-corrected chi connectivity index (χ3v) is 11.2. The summed E-state index contributed by atoms with van der Waals surface area (Å²) >= 11 is 0. The number of aromatic nitrogens is 8. The van der Waals surface area contributed by atoms with Gasteiger partial charge in [0, 0.05) is 77.6 Å². The average molecular weight is 874 g/mol. The van der Waals surface area contributed by atoms with Crippen LogP contribution in [-0.2, 0) is 43.8 Å². The van der Waals surface area contributed by atoms with Gasteiger partial charge in [-0.2, -0.15) is 0 Å². The molecule has 0 fully saturated rings. The number of carbonyl (C=O) groups excluding carboxylic acids is 2. The van der Waals surface area contributed by atoms with Gasteiger partial charge in [-0.05, 0) is 53.4 Å². The molecule has 0 aliphatic carbocycles. The number of hydrogen-bond acceptors (Lipinski definition) is 15. The minimum Gasteiger partial charge on any atom is -0.484 e. The van der Waals surface area contributed by atoms with Crippen molar-refractivity contribution in [1.29, 1.82) is 0 Å². The van der Waals surface area contributed by atoms with Crippen molar-refractivity contribution in [3.63, 3.8) is 0 Å². The molecule has 18 nitrogen and oxygen atoms in total. The van der Waals surface area contributed by atoms with Crippen molar-refractivity contribution < 1.29 is 33.3 Å². The average Bonchev–Trinajstić information content (AvgIpc) is 3.79. The van der Waals surface area contributed by atoms with E-state index in [1.165, 1.54) is 11.1 Å². The lowest BCUT2D eigenvalue weighted by molar-refractivity contribution is 0.0504. The van der Waals surface area contributed by atoms with Gasteiger partial charge in [-0.1, -0.05) is 63.4 Å². The molecule has 0 radical (unpaired) electrons. The SMILES string of the molecule is C.C.CCOC(=O)c1nnc2n1CCN(Cc1ccc([C@H]3COc4cccnc4O3)cc1)CC2.NC(=O)c1nnc2n1CCN(Cc1ccc([C@H]3COc4cccnc4O3)cc1)CC2. The first-order valence-electron chi connectivity index (χ1n) is 20.8. The molecule has 2 aromatic carbocycles. The number of hydrogen-bond donors (Lipinski definition) is 1. The van der Waals surface area contributed by atoms with Crippen LogP contribution in [0, 0.1) is 0 Å². The van der Waals surface area contributed by atoms with Crippen LogP contribution in [0.25, 0.3) is 0 Å². The van der Waals surface area contributed by atoms with Gasteiger partial charge in [-0.15, -0.1) is 20.4 Å². The Kier molecular flexibility index (Phi) is 14.5. The van der Waals surface area contributed by atoms with Gasteiger partial charge >= 0.3 is 5.97 Å². The quantitative estimate of drug-likeness (QED) is 0.190. The fourth-order valence-electron chi connectivity index (χ4n) is 7.92. The van der Waals surface area contributed by atoms with Gasteiger partial charge < -0.3 is 38.6 Å². The van der Waals surface area contributed by atoms with E-state index >= 15 is 0 Å². The molecule has 18 heteroatoms. The van der Waals surface area contributed by atoms with Crippen LogP contribution < -0.4 is 24.7 Å². The van der Waals surface area contributed by atoms with Crippen LogP contribution in [0.15, 0.2) is 85.2 Å². The lowest BCUT2D eigenvalue weighted by Crippen LogP contribution is -2.27. The molecule has 0 bridgehead atoms. The highest BCUT2D eigenvalue weighted by Gasteiger charge is 2.27. The van der Waals surface area contributed by atoms with E-state index in [4.69, 9.17) is 29.4 Å². The maximum atomic E-state index is 12.1. The van der Waals surface area contributed by atoms with E-state index in [1.807, 2.05) is 33.4 Å². The molecule has 2 N–H and O–H groups in total. The van der Waals surface area contributed by atoms with Gasteiger partial charge in [0.1, 0.15) is 24.9 Å². The Morgan fingerprint density at radius 2 is 1.11 bits per heavy atom. The first-order valence-corrected chi connectivity index (χ1v) is 20.8. The molecular formula is C46H55N11O7. The lowest BCUT2D eigenvalue weighted by atomic mass is 10.1. The summed E-state index contributed by atoms with van der Waals surface area (Å²) in [7, 11) is 0. The number of esters is 1. The molecule has 0 saturated heterocycles. The van der Waals surface area contributed by atoms with Crippen molar-refractivity contribution in [2.24, 2.45) is 5.73 Å². The predicted molar refractivity (Wildman–Crippen MR) is 235 cm³/mol. The minimum absolute atomic E-state index is 0. The molecule has 4 aliphatic rings. The highest BCUT2D eigenvalue weighted by atomic mass is 16.6. The minimum atomic E-state index is -0.537. The zero-order valence-corrected chi connectivity index (χ0v) is 34.3. The number of primary amides is 1. The van der Waals surface area contributed by atoms with Gasteiger partial charge in [0.15, 0.2) is 23.7 Å². The topological polar surface area (TPSA) is 200 Å². The summed E-state index contributed by atoms with van der Waals surface area (Å²) in [5, 5.41) is 16.2. The zero-order valence-electron chi connectivity index (χ0n) is 34.3. The first kappa shape index (κ1) is 45.1. The van der Waals surface area contributed by atoms with E-state index in [1.54, 1.807) is 19.3 Å². The molecule has 10 rings (SSSR count). The van der Waals surface area contributed by atoms with Crippen LogP contribution in [0.2, 0.25) is 0 Å². The number of amides is 1. The number of carbonyl (C=O) groups is 2. The summed E-state index contributed by atoms with van der Waals surface area (Å²) in [5.74, 6) is 3.65.